The fourth-order valence-corrected chi connectivity index (χ4v) is 3.57. The Balaban J connectivity index is 1.58. The van der Waals surface area contributed by atoms with Gasteiger partial charge >= 0.3 is 0 Å². The van der Waals surface area contributed by atoms with Crippen LogP contribution in [0.2, 0.25) is 0 Å². The van der Waals surface area contributed by atoms with E-state index in [1.807, 2.05) is 18.2 Å². The topological polar surface area (TPSA) is 59.0 Å². The summed E-state index contributed by atoms with van der Waals surface area (Å²) in [6, 6.07) is 8.46. The van der Waals surface area contributed by atoms with Crippen molar-refractivity contribution in [1.29, 1.82) is 0 Å². The van der Waals surface area contributed by atoms with Crippen molar-refractivity contribution < 1.29 is 4.79 Å². The molecule has 2 aromatic rings. The van der Waals surface area contributed by atoms with Crippen molar-refractivity contribution in [2.75, 3.05) is 13.1 Å². The number of piperidine rings is 1. The van der Waals surface area contributed by atoms with E-state index in [4.69, 9.17) is 4.98 Å². The van der Waals surface area contributed by atoms with E-state index in [9.17, 15) is 4.79 Å². The van der Waals surface area contributed by atoms with E-state index < -0.39 is 0 Å². The number of benzene rings is 1. The third-order valence-electron chi connectivity index (χ3n) is 4.87. The zero-order valence-electron chi connectivity index (χ0n) is 14.7. The molecule has 5 heteroatoms. The normalized spacial score (nSPS) is 16.0. The quantitative estimate of drug-likeness (QED) is 0.857. The van der Waals surface area contributed by atoms with Crippen LogP contribution in [0.1, 0.15) is 51.4 Å². The van der Waals surface area contributed by atoms with Gasteiger partial charge in [0.2, 0.25) is 5.91 Å². The summed E-state index contributed by atoms with van der Waals surface area (Å²) in [4.78, 5) is 16.9. The third-order valence-corrected chi connectivity index (χ3v) is 4.87. The summed E-state index contributed by atoms with van der Waals surface area (Å²) >= 11 is 0. The Morgan fingerprint density at radius 1 is 1.33 bits per heavy atom. The fourth-order valence-electron chi connectivity index (χ4n) is 3.57. The second-order valence-corrected chi connectivity index (χ2v) is 6.99. The summed E-state index contributed by atoms with van der Waals surface area (Å²) in [6.45, 7) is 6.97. The van der Waals surface area contributed by atoms with Gasteiger partial charge in [-0.15, -0.1) is 0 Å². The molecule has 1 aliphatic rings. The minimum atomic E-state index is 0.135. The zero-order chi connectivity index (χ0) is 16.9. The molecule has 1 saturated heterocycles. The zero-order valence-corrected chi connectivity index (χ0v) is 14.7. The van der Waals surface area contributed by atoms with Crippen molar-refractivity contribution in [3.8, 4) is 0 Å². The van der Waals surface area contributed by atoms with Gasteiger partial charge in [-0.2, -0.15) is 0 Å². The van der Waals surface area contributed by atoms with Gasteiger partial charge in [0.15, 0.2) is 0 Å². The van der Waals surface area contributed by atoms with Gasteiger partial charge in [0.25, 0.3) is 0 Å². The lowest BCUT2D eigenvalue weighted by molar-refractivity contribution is -0.121. The molecule has 24 heavy (non-hydrogen) atoms. The number of carbonyl (C=O) groups is 1. The molecular formula is C19H28N4O. The highest BCUT2D eigenvalue weighted by Crippen LogP contribution is 2.21. The Kier molecular flexibility index (Phi) is 5.51. The second kappa shape index (κ2) is 7.79. The highest BCUT2D eigenvalue weighted by atomic mass is 16.1. The standard InChI is InChI=1S/C19H28N4O/c1-14(2)23-17-6-4-3-5-16(17)22-18(23)13-21-19(24)8-7-15-9-11-20-12-10-15/h3-6,14-15,20H,7-13H2,1-2H3,(H,21,24). The number of hydrogen-bond donors (Lipinski definition) is 2. The van der Waals surface area contributed by atoms with Crippen LogP contribution in [0.15, 0.2) is 24.3 Å². The molecule has 1 amide bonds. The lowest BCUT2D eigenvalue weighted by Crippen LogP contribution is -2.29. The van der Waals surface area contributed by atoms with E-state index in [0.29, 0.717) is 24.9 Å². The largest absolute Gasteiger partial charge is 0.349 e. The number of nitrogens with one attached hydrogen (secondary N) is 2. The smallest absolute Gasteiger partial charge is 0.220 e. The van der Waals surface area contributed by atoms with Crippen molar-refractivity contribution in [1.82, 2.24) is 20.2 Å². The Labute approximate surface area is 143 Å². The third kappa shape index (κ3) is 3.96. The van der Waals surface area contributed by atoms with Crippen LogP contribution in [-0.4, -0.2) is 28.5 Å². The minimum absolute atomic E-state index is 0.135. The SMILES string of the molecule is CC(C)n1c(CNC(=O)CCC2CCNCC2)nc2ccccc21. The van der Waals surface area contributed by atoms with Crippen LogP contribution in [0.25, 0.3) is 11.0 Å². The molecule has 0 atom stereocenters. The van der Waals surface area contributed by atoms with Gasteiger partial charge in [-0.05, 0) is 64.3 Å². The van der Waals surface area contributed by atoms with Crippen LogP contribution in [0.5, 0.6) is 0 Å². The molecule has 1 aliphatic heterocycles. The first-order valence-electron chi connectivity index (χ1n) is 9.08. The lowest BCUT2D eigenvalue weighted by atomic mass is 9.93. The molecule has 2 heterocycles. The average molecular weight is 328 g/mol. The van der Waals surface area contributed by atoms with E-state index >= 15 is 0 Å². The maximum Gasteiger partial charge on any atom is 0.220 e. The maximum absolute atomic E-state index is 12.2. The Morgan fingerprint density at radius 2 is 2.08 bits per heavy atom. The number of fused-ring (bicyclic) bond motifs is 1. The van der Waals surface area contributed by atoms with Gasteiger partial charge in [-0.1, -0.05) is 12.1 Å². The van der Waals surface area contributed by atoms with Crippen molar-refractivity contribution in [3.05, 3.63) is 30.1 Å². The molecule has 0 aliphatic carbocycles. The number of carbonyl (C=O) groups excluding carboxylic acids is 1. The van der Waals surface area contributed by atoms with E-state index in [0.717, 1.165) is 36.4 Å². The van der Waals surface area contributed by atoms with Crippen LogP contribution in [0.4, 0.5) is 0 Å². The van der Waals surface area contributed by atoms with E-state index in [-0.39, 0.29) is 5.91 Å². The van der Waals surface area contributed by atoms with Crippen LogP contribution < -0.4 is 10.6 Å². The summed E-state index contributed by atoms with van der Waals surface area (Å²) < 4.78 is 2.21. The Hall–Kier alpha value is -1.88. The molecule has 3 rings (SSSR count). The summed E-state index contributed by atoms with van der Waals surface area (Å²) in [6.07, 6.45) is 3.99. The summed E-state index contributed by atoms with van der Waals surface area (Å²) in [5, 5.41) is 6.42. The first-order chi connectivity index (χ1) is 11.6. The Morgan fingerprint density at radius 3 is 2.83 bits per heavy atom. The van der Waals surface area contributed by atoms with Gasteiger partial charge in [-0.3, -0.25) is 4.79 Å². The number of rotatable bonds is 6. The average Bonchev–Trinajstić information content (AvgIpc) is 2.97. The summed E-state index contributed by atoms with van der Waals surface area (Å²) in [7, 11) is 0. The van der Waals surface area contributed by atoms with Gasteiger partial charge in [-0.25, -0.2) is 4.98 Å². The molecule has 5 nitrogen and oxygen atoms in total. The van der Waals surface area contributed by atoms with E-state index in [1.54, 1.807) is 0 Å². The lowest BCUT2D eigenvalue weighted by Gasteiger charge is -2.22. The summed E-state index contributed by atoms with van der Waals surface area (Å²) in [5.41, 5.74) is 2.12. The molecule has 1 aromatic carbocycles. The number of imidazole rings is 1. The molecule has 0 saturated carbocycles. The van der Waals surface area contributed by atoms with Crippen molar-refractivity contribution >= 4 is 16.9 Å². The number of hydrogen-bond acceptors (Lipinski definition) is 3. The Bertz CT molecular complexity index is 686. The molecule has 1 aromatic heterocycles. The number of amides is 1. The molecular weight excluding hydrogens is 300 g/mol. The number of para-hydroxylation sites is 2. The van der Waals surface area contributed by atoms with Gasteiger partial charge in [0.05, 0.1) is 17.6 Å². The maximum atomic E-state index is 12.2. The molecule has 1 fully saturated rings. The predicted octanol–water partition coefficient (Wildman–Crippen LogP) is 3.01. The van der Waals surface area contributed by atoms with E-state index in [2.05, 4.69) is 35.1 Å². The van der Waals surface area contributed by atoms with Gasteiger partial charge in [0.1, 0.15) is 5.82 Å². The number of nitrogens with zero attached hydrogens (tertiary/aromatic N) is 2. The van der Waals surface area contributed by atoms with Crippen molar-refractivity contribution in [3.63, 3.8) is 0 Å². The molecule has 0 radical (unpaired) electrons. The van der Waals surface area contributed by atoms with Crippen LogP contribution in [0, 0.1) is 5.92 Å². The first kappa shape index (κ1) is 17.0. The molecule has 2 N–H and O–H groups in total. The monoisotopic (exact) mass is 328 g/mol. The first-order valence-corrected chi connectivity index (χ1v) is 9.08. The van der Waals surface area contributed by atoms with Gasteiger partial charge in [0, 0.05) is 12.5 Å². The number of aromatic nitrogens is 2. The fraction of sp³-hybridized carbons (Fsp3) is 0.579. The van der Waals surface area contributed by atoms with Crippen LogP contribution in [-0.2, 0) is 11.3 Å². The molecule has 0 bridgehead atoms. The van der Waals surface area contributed by atoms with E-state index in [1.165, 1.54) is 12.8 Å². The van der Waals surface area contributed by atoms with Crippen LogP contribution in [0.3, 0.4) is 0 Å². The van der Waals surface area contributed by atoms with Crippen LogP contribution >= 0.6 is 0 Å². The highest BCUT2D eigenvalue weighted by molar-refractivity contribution is 5.77. The minimum Gasteiger partial charge on any atom is -0.349 e. The van der Waals surface area contributed by atoms with Crippen molar-refractivity contribution in [2.45, 2.75) is 52.1 Å². The van der Waals surface area contributed by atoms with Crippen molar-refractivity contribution in [2.24, 2.45) is 5.92 Å². The highest BCUT2D eigenvalue weighted by Gasteiger charge is 2.16. The molecule has 130 valence electrons. The summed E-state index contributed by atoms with van der Waals surface area (Å²) in [5.74, 6) is 1.76. The predicted molar refractivity (Wildman–Crippen MR) is 96.8 cm³/mol. The van der Waals surface area contributed by atoms with Gasteiger partial charge < -0.3 is 15.2 Å². The molecule has 0 unspecified atom stereocenters. The second-order valence-electron chi connectivity index (χ2n) is 6.99. The molecule has 0 spiro atoms.